The Kier molecular flexibility index (Phi) is 7.58. The lowest BCUT2D eigenvalue weighted by molar-refractivity contribution is 0.663. The van der Waals surface area contributed by atoms with Crippen LogP contribution in [-0.2, 0) is 20.0 Å². The van der Waals surface area contributed by atoms with Crippen LogP contribution in [0.15, 0.2) is 29.4 Å². The molecule has 0 spiro atoms. The Bertz CT molecular complexity index is 500. The Morgan fingerprint density at radius 2 is 1.90 bits per heavy atom. The van der Waals surface area contributed by atoms with Gasteiger partial charge in [0.1, 0.15) is 0 Å². The van der Waals surface area contributed by atoms with Gasteiger partial charge in [0.2, 0.25) is 5.16 Å². The van der Waals surface area contributed by atoms with Crippen LogP contribution in [0.5, 0.6) is 0 Å². The molecule has 0 saturated carbocycles. The van der Waals surface area contributed by atoms with Crippen molar-refractivity contribution in [2.24, 2.45) is 7.05 Å². The van der Waals surface area contributed by atoms with E-state index >= 15 is 0 Å². The zero-order valence-corrected chi connectivity index (χ0v) is 13.4. The molecule has 1 aromatic carbocycles. The molecular weight excluding hydrogens is 294 g/mol. The number of nitrogens with zero attached hydrogens (tertiary/aromatic N) is 4. The second kappa shape index (κ2) is 8.94. The van der Waals surface area contributed by atoms with E-state index in [2.05, 4.69) is 52.0 Å². The second-order valence-electron chi connectivity index (χ2n) is 4.28. The maximum absolute atomic E-state index is 3.93. The van der Waals surface area contributed by atoms with E-state index in [-0.39, 0.29) is 12.4 Å². The van der Waals surface area contributed by atoms with Crippen LogP contribution in [0.2, 0.25) is 0 Å². The molecule has 0 atom stereocenters. The topological polar surface area (TPSA) is 55.6 Å². The van der Waals surface area contributed by atoms with Crippen LogP contribution < -0.4 is 5.32 Å². The van der Waals surface area contributed by atoms with Crippen LogP contribution >= 0.6 is 24.2 Å². The van der Waals surface area contributed by atoms with Crippen LogP contribution in [0, 0.1) is 0 Å². The van der Waals surface area contributed by atoms with Gasteiger partial charge in [-0.05, 0) is 28.0 Å². The van der Waals surface area contributed by atoms with Gasteiger partial charge in [-0.25, -0.2) is 4.68 Å². The lowest BCUT2D eigenvalue weighted by Crippen LogP contribution is -2.16. The van der Waals surface area contributed by atoms with Crippen LogP contribution in [0.3, 0.4) is 0 Å². The molecule has 110 valence electrons. The molecular formula is C13H20ClN5S. The predicted octanol–water partition coefficient (Wildman–Crippen LogP) is 2.08. The number of hydrogen-bond acceptors (Lipinski definition) is 5. The van der Waals surface area contributed by atoms with Gasteiger partial charge in [-0.15, -0.1) is 17.5 Å². The standard InChI is InChI=1S/C13H19N5S.ClH/c1-3-11-4-6-12(7-5-11)10-14-8-9-19-13-15-16-17-18(13)2;/h4-7,14H,3,8-10H2,1-2H3;1H. The van der Waals surface area contributed by atoms with Crippen molar-refractivity contribution >= 4 is 24.2 Å². The molecule has 7 heteroatoms. The molecule has 5 nitrogen and oxygen atoms in total. The van der Waals surface area contributed by atoms with E-state index < -0.39 is 0 Å². The molecule has 0 aliphatic heterocycles. The van der Waals surface area contributed by atoms with Crippen molar-refractivity contribution in [1.29, 1.82) is 0 Å². The summed E-state index contributed by atoms with van der Waals surface area (Å²) in [6.07, 6.45) is 1.09. The van der Waals surface area contributed by atoms with Crippen molar-refractivity contribution < 1.29 is 0 Å². The van der Waals surface area contributed by atoms with Crippen molar-refractivity contribution in [3.8, 4) is 0 Å². The van der Waals surface area contributed by atoms with Crippen molar-refractivity contribution in [3.05, 3.63) is 35.4 Å². The minimum atomic E-state index is 0. The second-order valence-corrected chi connectivity index (χ2v) is 5.34. The average Bonchev–Trinajstić information content (AvgIpc) is 2.85. The molecule has 1 N–H and O–H groups in total. The molecule has 2 aromatic rings. The summed E-state index contributed by atoms with van der Waals surface area (Å²) in [6.45, 7) is 4.01. The minimum absolute atomic E-state index is 0. The quantitative estimate of drug-likeness (QED) is 0.626. The molecule has 0 saturated heterocycles. The number of rotatable bonds is 7. The molecule has 2 rings (SSSR count). The van der Waals surface area contributed by atoms with E-state index in [0.717, 1.165) is 30.4 Å². The normalized spacial score (nSPS) is 10.3. The highest BCUT2D eigenvalue weighted by molar-refractivity contribution is 7.99. The van der Waals surface area contributed by atoms with Crippen LogP contribution in [-0.4, -0.2) is 32.5 Å². The average molecular weight is 314 g/mol. The van der Waals surface area contributed by atoms with E-state index in [4.69, 9.17) is 0 Å². The first-order valence-electron chi connectivity index (χ1n) is 6.43. The third-order valence-corrected chi connectivity index (χ3v) is 3.86. The molecule has 0 radical (unpaired) electrons. The van der Waals surface area contributed by atoms with Gasteiger partial charge >= 0.3 is 0 Å². The first-order valence-corrected chi connectivity index (χ1v) is 7.42. The summed E-state index contributed by atoms with van der Waals surface area (Å²) >= 11 is 1.66. The fraction of sp³-hybridized carbons (Fsp3) is 0.462. The SMILES string of the molecule is CCc1ccc(CNCCSc2nnnn2C)cc1.Cl. The van der Waals surface area contributed by atoms with Gasteiger partial charge in [0.15, 0.2) is 0 Å². The summed E-state index contributed by atoms with van der Waals surface area (Å²) in [6, 6.07) is 8.76. The molecule has 1 aromatic heterocycles. The number of aryl methyl sites for hydroxylation is 2. The van der Waals surface area contributed by atoms with Gasteiger partial charge in [-0.2, -0.15) is 0 Å². The van der Waals surface area contributed by atoms with Gasteiger partial charge in [0.05, 0.1) is 0 Å². The summed E-state index contributed by atoms with van der Waals surface area (Å²) in [7, 11) is 1.85. The first-order chi connectivity index (χ1) is 9.29. The maximum atomic E-state index is 3.93. The number of aromatic nitrogens is 4. The van der Waals surface area contributed by atoms with Crippen molar-refractivity contribution in [1.82, 2.24) is 25.5 Å². The van der Waals surface area contributed by atoms with Gasteiger partial charge < -0.3 is 5.32 Å². The van der Waals surface area contributed by atoms with Crippen LogP contribution in [0.4, 0.5) is 0 Å². The van der Waals surface area contributed by atoms with Gasteiger partial charge in [0, 0.05) is 25.9 Å². The van der Waals surface area contributed by atoms with Gasteiger partial charge in [0.25, 0.3) is 0 Å². The number of nitrogens with one attached hydrogen (secondary N) is 1. The molecule has 0 aliphatic carbocycles. The highest BCUT2D eigenvalue weighted by atomic mass is 35.5. The number of benzene rings is 1. The van der Waals surface area contributed by atoms with Crippen LogP contribution in [0.1, 0.15) is 18.1 Å². The molecule has 0 aliphatic rings. The summed E-state index contributed by atoms with van der Waals surface area (Å²) in [4.78, 5) is 0. The largest absolute Gasteiger partial charge is 0.312 e. The Labute approximate surface area is 129 Å². The van der Waals surface area contributed by atoms with E-state index in [0.29, 0.717) is 0 Å². The third kappa shape index (κ3) is 5.11. The fourth-order valence-electron chi connectivity index (χ4n) is 1.68. The molecule has 0 amide bonds. The monoisotopic (exact) mass is 313 g/mol. The highest BCUT2D eigenvalue weighted by Crippen LogP contribution is 2.11. The third-order valence-electron chi connectivity index (χ3n) is 2.85. The van der Waals surface area contributed by atoms with Crippen molar-refractivity contribution in [2.45, 2.75) is 25.0 Å². The highest BCUT2D eigenvalue weighted by Gasteiger charge is 2.01. The molecule has 20 heavy (non-hydrogen) atoms. The molecule has 0 fully saturated rings. The van der Waals surface area contributed by atoms with E-state index in [1.54, 1.807) is 16.4 Å². The first kappa shape index (κ1) is 16.9. The zero-order valence-electron chi connectivity index (χ0n) is 11.7. The number of tetrazole rings is 1. The smallest absolute Gasteiger partial charge is 0.209 e. The van der Waals surface area contributed by atoms with E-state index in [9.17, 15) is 0 Å². The summed E-state index contributed by atoms with van der Waals surface area (Å²) in [5, 5.41) is 15.6. The maximum Gasteiger partial charge on any atom is 0.209 e. The minimum Gasteiger partial charge on any atom is -0.312 e. The Balaban J connectivity index is 0.00000200. The lowest BCUT2D eigenvalue weighted by atomic mass is 10.1. The molecule has 0 bridgehead atoms. The molecule has 1 heterocycles. The predicted molar refractivity (Wildman–Crippen MR) is 84.3 cm³/mol. The summed E-state index contributed by atoms with van der Waals surface area (Å²) in [5.41, 5.74) is 2.71. The van der Waals surface area contributed by atoms with Gasteiger partial charge in [-0.3, -0.25) is 0 Å². The van der Waals surface area contributed by atoms with Gasteiger partial charge in [-0.1, -0.05) is 43.0 Å². The van der Waals surface area contributed by atoms with Crippen molar-refractivity contribution in [3.63, 3.8) is 0 Å². The molecule has 0 unspecified atom stereocenters. The number of hydrogen-bond donors (Lipinski definition) is 1. The summed E-state index contributed by atoms with van der Waals surface area (Å²) < 4.78 is 1.69. The Hall–Kier alpha value is -1.11. The van der Waals surface area contributed by atoms with Crippen LogP contribution in [0.25, 0.3) is 0 Å². The Morgan fingerprint density at radius 3 is 2.50 bits per heavy atom. The number of thioether (sulfide) groups is 1. The fourth-order valence-corrected chi connectivity index (χ4v) is 2.43. The number of halogens is 1. The van der Waals surface area contributed by atoms with E-state index in [1.165, 1.54) is 11.1 Å². The van der Waals surface area contributed by atoms with Crippen molar-refractivity contribution in [2.75, 3.05) is 12.3 Å². The zero-order chi connectivity index (χ0) is 13.5. The lowest BCUT2D eigenvalue weighted by Gasteiger charge is -2.05. The summed E-state index contributed by atoms with van der Waals surface area (Å²) in [5.74, 6) is 0.960. The van der Waals surface area contributed by atoms with E-state index in [1.807, 2.05) is 7.05 Å². The Morgan fingerprint density at radius 1 is 1.20 bits per heavy atom.